The number of hydrogen-bond donors (Lipinski definition) is 0. The van der Waals surface area contributed by atoms with Gasteiger partial charge in [0.25, 0.3) is 0 Å². The maximum atomic E-state index is 16.5. The molecule has 2 aromatic carbocycles. The van der Waals surface area contributed by atoms with Crippen molar-refractivity contribution in [2.24, 2.45) is 5.41 Å². The fourth-order valence-corrected chi connectivity index (χ4v) is 7.27. The quantitative estimate of drug-likeness (QED) is 0.277. The van der Waals surface area contributed by atoms with Gasteiger partial charge in [-0.3, -0.25) is 9.88 Å². The molecule has 3 aliphatic rings. The number of aromatic nitrogens is 3. The lowest BCUT2D eigenvalue weighted by Gasteiger charge is -2.39. The second kappa shape index (κ2) is 9.61. The highest BCUT2D eigenvalue weighted by Gasteiger charge is 2.45. The normalized spacial score (nSPS) is 20.4. The fraction of sp³-hybridized carbons (Fsp3) is 0.469. The third-order valence-corrected chi connectivity index (χ3v) is 9.23. The first-order chi connectivity index (χ1) is 19.3. The van der Waals surface area contributed by atoms with Crippen molar-refractivity contribution in [2.45, 2.75) is 57.9 Å². The molecule has 0 radical (unpaired) electrons. The summed E-state index contributed by atoms with van der Waals surface area (Å²) in [6, 6.07) is 10.4. The molecule has 4 aromatic rings. The van der Waals surface area contributed by atoms with Gasteiger partial charge in [-0.1, -0.05) is 44.2 Å². The Balaban J connectivity index is 1.36. The summed E-state index contributed by atoms with van der Waals surface area (Å²) in [6.07, 6.45) is 8.32. The molecule has 3 saturated heterocycles. The molecule has 0 bridgehead atoms. The highest BCUT2D eigenvalue weighted by atomic mass is 19.1. The average molecular weight is 544 g/mol. The van der Waals surface area contributed by atoms with Gasteiger partial charge in [-0.25, -0.2) is 8.78 Å². The summed E-state index contributed by atoms with van der Waals surface area (Å²) in [5.41, 5.74) is 0.774. The van der Waals surface area contributed by atoms with E-state index in [1.807, 2.05) is 12.1 Å². The summed E-state index contributed by atoms with van der Waals surface area (Å²) >= 11 is 0. The fourth-order valence-electron chi connectivity index (χ4n) is 7.27. The summed E-state index contributed by atoms with van der Waals surface area (Å²) in [5.74, 6) is -0.337. The van der Waals surface area contributed by atoms with Crippen LogP contribution < -0.4 is 9.64 Å². The second-order valence-electron chi connectivity index (χ2n) is 12.6. The third-order valence-electron chi connectivity index (χ3n) is 9.23. The largest absolute Gasteiger partial charge is 0.461 e. The van der Waals surface area contributed by atoms with Crippen molar-refractivity contribution in [3.8, 4) is 17.3 Å². The van der Waals surface area contributed by atoms with E-state index in [0.717, 1.165) is 51.9 Å². The van der Waals surface area contributed by atoms with Crippen LogP contribution in [0.4, 0.5) is 14.6 Å². The molecular formula is C32H35F2N5O. The van der Waals surface area contributed by atoms with Crippen molar-refractivity contribution in [1.29, 1.82) is 0 Å². The zero-order valence-corrected chi connectivity index (χ0v) is 23.2. The van der Waals surface area contributed by atoms with E-state index in [1.165, 1.54) is 18.9 Å². The molecule has 0 atom stereocenters. The Morgan fingerprint density at radius 1 is 0.925 bits per heavy atom. The maximum Gasteiger partial charge on any atom is 0.319 e. The molecule has 6 nitrogen and oxygen atoms in total. The van der Waals surface area contributed by atoms with Gasteiger partial charge in [-0.2, -0.15) is 9.97 Å². The van der Waals surface area contributed by atoms with Gasteiger partial charge in [-0.15, -0.1) is 0 Å². The van der Waals surface area contributed by atoms with Crippen LogP contribution in [-0.2, 0) is 0 Å². The number of nitrogens with zero attached hydrogens (tertiary/aromatic N) is 5. The van der Waals surface area contributed by atoms with E-state index < -0.39 is 11.6 Å². The number of benzene rings is 2. The van der Waals surface area contributed by atoms with E-state index in [9.17, 15) is 4.39 Å². The smallest absolute Gasteiger partial charge is 0.319 e. The standard InChI is InChI=1S/C32H35F2N5O/c1-31(2)12-5-15-38(19-31)29-23-18-35-27(22-10-3-8-21-9-4-11-24(33)25(21)22)26(34)28(23)36-30(37-29)40-20-32-13-6-16-39(32)17-7-14-32/h3-4,8-11,18H,5-7,12-17,19-20H2,1-2H3. The van der Waals surface area contributed by atoms with Gasteiger partial charge in [0.15, 0.2) is 5.82 Å². The molecule has 0 unspecified atom stereocenters. The van der Waals surface area contributed by atoms with E-state index >= 15 is 4.39 Å². The summed E-state index contributed by atoms with van der Waals surface area (Å²) in [7, 11) is 0. The molecule has 0 spiro atoms. The van der Waals surface area contributed by atoms with E-state index in [0.29, 0.717) is 34.1 Å². The SMILES string of the molecule is CC1(C)CCCN(c2nc(OCC34CCCN3CCC4)nc3c(F)c(-c4cccc5cccc(F)c45)ncc23)C1. The van der Waals surface area contributed by atoms with Gasteiger partial charge < -0.3 is 9.64 Å². The van der Waals surface area contributed by atoms with Crippen LogP contribution in [0, 0.1) is 17.0 Å². The summed E-state index contributed by atoms with van der Waals surface area (Å²) < 4.78 is 37.8. The molecule has 0 saturated carbocycles. The molecule has 3 fully saturated rings. The number of rotatable bonds is 5. The topological polar surface area (TPSA) is 54.4 Å². The number of fused-ring (bicyclic) bond motifs is 3. The lowest BCUT2D eigenvalue weighted by Crippen LogP contribution is -2.43. The molecule has 2 aromatic heterocycles. The molecule has 0 amide bonds. The summed E-state index contributed by atoms with van der Waals surface area (Å²) in [4.78, 5) is 18.8. The average Bonchev–Trinajstić information content (AvgIpc) is 3.52. The van der Waals surface area contributed by atoms with Gasteiger partial charge in [0, 0.05) is 30.2 Å². The molecule has 0 aliphatic carbocycles. The van der Waals surface area contributed by atoms with Gasteiger partial charge in [0.1, 0.15) is 29.5 Å². The Morgan fingerprint density at radius 2 is 1.68 bits per heavy atom. The van der Waals surface area contributed by atoms with E-state index in [1.54, 1.807) is 24.4 Å². The number of ether oxygens (including phenoxy) is 1. The van der Waals surface area contributed by atoms with Crippen LogP contribution in [0.25, 0.3) is 32.9 Å². The monoisotopic (exact) mass is 543 g/mol. The highest BCUT2D eigenvalue weighted by Crippen LogP contribution is 2.41. The molecule has 208 valence electrons. The van der Waals surface area contributed by atoms with E-state index in [4.69, 9.17) is 9.72 Å². The lowest BCUT2D eigenvalue weighted by molar-refractivity contribution is 0.108. The van der Waals surface area contributed by atoms with Crippen LogP contribution in [0.2, 0.25) is 0 Å². The molecule has 0 N–H and O–H groups in total. The summed E-state index contributed by atoms with van der Waals surface area (Å²) in [5, 5.41) is 1.59. The van der Waals surface area contributed by atoms with Crippen LogP contribution in [0.3, 0.4) is 0 Å². The first-order valence-electron chi connectivity index (χ1n) is 14.5. The highest BCUT2D eigenvalue weighted by molar-refractivity contribution is 5.99. The van der Waals surface area contributed by atoms with E-state index in [2.05, 4.69) is 33.6 Å². The van der Waals surface area contributed by atoms with Gasteiger partial charge in [0.2, 0.25) is 0 Å². The minimum Gasteiger partial charge on any atom is -0.461 e. The van der Waals surface area contributed by atoms with Gasteiger partial charge in [0.05, 0.1) is 10.9 Å². The van der Waals surface area contributed by atoms with Crippen LogP contribution in [-0.4, -0.2) is 58.2 Å². The van der Waals surface area contributed by atoms with Crippen molar-refractivity contribution < 1.29 is 13.5 Å². The Morgan fingerprint density at radius 3 is 2.45 bits per heavy atom. The zero-order valence-electron chi connectivity index (χ0n) is 23.2. The third kappa shape index (κ3) is 4.28. The Bertz CT molecular complexity index is 1590. The van der Waals surface area contributed by atoms with E-state index in [-0.39, 0.29) is 28.2 Å². The number of halogens is 2. The molecular weight excluding hydrogens is 508 g/mol. The molecule has 5 heterocycles. The Labute approximate surface area is 233 Å². The number of pyridine rings is 1. The zero-order chi connectivity index (χ0) is 27.5. The Hall–Kier alpha value is -3.39. The van der Waals surface area contributed by atoms with Crippen molar-refractivity contribution >= 4 is 27.5 Å². The molecule has 8 heteroatoms. The predicted molar refractivity (Wildman–Crippen MR) is 154 cm³/mol. The van der Waals surface area contributed by atoms with Gasteiger partial charge in [-0.05, 0) is 68.5 Å². The molecule has 40 heavy (non-hydrogen) atoms. The van der Waals surface area contributed by atoms with Gasteiger partial charge >= 0.3 is 6.01 Å². The number of anilines is 1. The van der Waals surface area contributed by atoms with Crippen LogP contribution >= 0.6 is 0 Å². The maximum absolute atomic E-state index is 16.5. The number of hydrogen-bond acceptors (Lipinski definition) is 6. The van der Waals surface area contributed by atoms with Crippen LogP contribution in [0.1, 0.15) is 52.4 Å². The van der Waals surface area contributed by atoms with Crippen molar-refractivity contribution in [1.82, 2.24) is 19.9 Å². The van der Waals surface area contributed by atoms with Crippen molar-refractivity contribution in [3.63, 3.8) is 0 Å². The first-order valence-corrected chi connectivity index (χ1v) is 14.5. The Kier molecular flexibility index (Phi) is 6.15. The lowest BCUT2D eigenvalue weighted by atomic mass is 9.84. The number of piperidine rings is 1. The molecule has 7 rings (SSSR count). The van der Waals surface area contributed by atoms with Crippen molar-refractivity contribution in [2.75, 3.05) is 37.7 Å². The van der Waals surface area contributed by atoms with Crippen LogP contribution in [0.5, 0.6) is 6.01 Å². The molecule has 3 aliphatic heterocycles. The summed E-state index contributed by atoms with van der Waals surface area (Å²) in [6.45, 7) is 8.82. The van der Waals surface area contributed by atoms with Crippen molar-refractivity contribution in [3.05, 3.63) is 54.2 Å². The van der Waals surface area contributed by atoms with Crippen LogP contribution in [0.15, 0.2) is 42.6 Å². The minimum absolute atomic E-state index is 0.0219. The second-order valence-corrected chi connectivity index (χ2v) is 12.6. The predicted octanol–water partition coefficient (Wildman–Crippen LogP) is 6.76. The minimum atomic E-state index is -0.584. The first kappa shape index (κ1) is 25.6.